The van der Waals surface area contributed by atoms with Gasteiger partial charge in [0.1, 0.15) is 11.2 Å². The van der Waals surface area contributed by atoms with Gasteiger partial charge in [0.15, 0.2) is 0 Å². The van der Waals surface area contributed by atoms with Crippen molar-refractivity contribution in [2.45, 2.75) is 91.0 Å². The lowest BCUT2D eigenvalue weighted by molar-refractivity contribution is -0.198. The average Bonchev–Trinajstić information content (AvgIpc) is 2.88. The first-order valence-corrected chi connectivity index (χ1v) is 9.78. The van der Waals surface area contributed by atoms with E-state index in [1.165, 1.54) is 0 Å². The molecule has 0 saturated carbocycles. The summed E-state index contributed by atoms with van der Waals surface area (Å²) in [6, 6.07) is 0. The first-order chi connectivity index (χ1) is 14.1. The molecular weight excluding hydrogens is 414 g/mol. The van der Waals surface area contributed by atoms with Gasteiger partial charge >= 0.3 is 23.9 Å². The molecule has 1 fully saturated rings. The van der Waals surface area contributed by atoms with Crippen molar-refractivity contribution in [2.75, 3.05) is 0 Å². The molecule has 1 unspecified atom stereocenters. The Balaban J connectivity index is 2.67. The van der Waals surface area contributed by atoms with Gasteiger partial charge in [-0.1, -0.05) is 0 Å². The quantitative estimate of drug-likeness (QED) is 0.306. The third kappa shape index (κ3) is 10.1. The van der Waals surface area contributed by atoms with Crippen molar-refractivity contribution in [2.24, 2.45) is 0 Å². The molecule has 1 heterocycles. The first kappa shape index (κ1) is 26.1. The third-order valence-corrected chi connectivity index (χ3v) is 3.45. The van der Waals surface area contributed by atoms with E-state index in [1.54, 1.807) is 41.5 Å². The van der Waals surface area contributed by atoms with Crippen LogP contribution in [-0.4, -0.2) is 58.1 Å². The fraction of sp³-hybridized carbons (Fsp3) is 0.700. The molecule has 1 rings (SSSR count). The molecule has 11 nitrogen and oxygen atoms in total. The van der Waals surface area contributed by atoms with Crippen LogP contribution >= 0.6 is 0 Å². The minimum atomic E-state index is -1.57. The van der Waals surface area contributed by atoms with E-state index >= 15 is 0 Å². The molecule has 0 spiro atoms. The molecule has 31 heavy (non-hydrogen) atoms. The molecule has 0 aromatic rings. The van der Waals surface area contributed by atoms with Crippen molar-refractivity contribution in [1.29, 1.82) is 0 Å². The SMILES string of the molecule is CC(C)(C)OC(=O)CC(OC(=O)CCC(=O)ON1C(=O)CCC1=O)C(=O)OC(C)(C)C. The smallest absolute Gasteiger partial charge is 0.348 e. The maximum Gasteiger partial charge on any atom is 0.348 e. The summed E-state index contributed by atoms with van der Waals surface area (Å²) in [7, 11) is 0. The Morgan fingerprint density at radius 1 is 0.806 bits per heavy atom. The van der Waals surface area contributed by atoms with Gasteiger partial charge in [-0.05, 0) is 41.5 Å². The first-order valence-electron chi connectivity index (χ1n) is 9.78. The number of nitrogens with zero attached hydrogens (tertiary/aromatic N) is 1. The van der Waals surface area contributed by atoms with Gasteiger partial charge in [0.05, 0.1) is 19.3 Å². The summed E-state index contributed by atoms with van der Waals surface area (Å²) in [5.41, 5.74) is -1.71. The van der Waals surface area contributed by atoms with Crippen LogP contribution in [0.3, 0.4) is 0 Å². The summed E-state index contributed by atoms with van der Waals surface area (Å²) in [6.07, 6.45) is -3.28. The van der Waals surface area contributed by atoms with Gasteiger partial charge in [0.2, 0.25) is 6.10 Å². The van der Waals surface area contributed by atoms with E-state index in [0.717, 1.165) is 0 Å². The zero-order chi connectivity index (χ0) is 24.0. The number of hydrogen-bond donors (Lipinski definition) is 0. The average molecular weight is 443 g/mol. The standard InChI is InChI=1S/C20H29NO10/c1-19(2,3)29-17(26)11-12(18(27)30-20(4,5)6)28-15(24)9-10-16(25)31-21-13(22)7-8-14(21)23/h12H,7-11H2,1-6H3. The van der Waals surface area contributed by atoms with Crippen molar-refractivity contribution in [3.05, 3.63) is 0 Å². The van der Waals surface area contributed by atoms with E-state index in [1.807, 2.05) is 0 Å². The van der Waals surface area contributed by atoms with Crippen LogP contribution in [-0.2, 0) is 47.8 Å². The predicted molar refractivity (Wildman–Crippen MR) is 103 cm³/mol. The highest BCUT2D eigenvalue weighted by Crippen LogP contribution is 2.16. The van der Waals surface area contributed by atoms with Crippen molar-refractivity contribution in [3.8, 4) is 0 Å². The Hall–Kier alpha value is -2.98. The predicted octanol–water partition coefficient (Wildman–Crippen LogP) is 1.36. The van der Waals surface area contributed by atoms with Crippen LogP contribution < -0.4 is 0 Å². The van der Waals surface area contributed by atoms with Gasteiger partial charge in [-0.15, -0.1) is 5.06 Å². The van der Waals surface area contributed by atoms with E-state index in [2.05, 4.69) is 4.84 Å². The second-order valence-corrected chi connectivity index (χ2v) is 8.85. The van der Waals surface area contributed by atoms with E-state index in [0.29, 0.717) is 5.06 Å². The van der Waals surface area contributed by atoms with Crippen LogP contribution in [0.25, 0.3) is 0 Å². The van der Waals surface area contributed by atoms with Crippen molar-refractivity contribution in [3.63, 3.8) is 0 Å². The topological polar surface area (TPSA) is 143 Å². The Kier molecular flexibility index (Phi) is 8.71. The van der Waals surface area contributed by atoms with Gasteiger partial charge in [-0.2, -0.15) is 0 Å². The Morgan fingerprint density at radius 3 is 1.77 bits per heavy atom. The molecule has 174 valence electrons. The molecule has 1 saturated heterocycles. The van der Waals surface area contributed by atoms with Gasteiger partial charge in [-0.25, -0.2) is 9.59 Å². The largest absolute Gasteiger partial charge is 0.460 e. The molecule has 1 aliphatic heterocycles. The van der Waals surface area contributed by atoms with Crippen molar-refractivity contribution in [1.82, 2.24) is 5.06 Å². The molecule has 0 aromatic carbocycles. The second-order valence-electron chi connectivity index (χ2n) is 8.85. The van der Waals surface area contributed by atoms with Crippen LogP contribution in [0.4, 0.5) is 0 Å². The zero-order valence-electron chi connectivity index (χ0n) is 18.6. The highest BCUT2D eigenvalue weighted by Gasteiger charge is 2.34. The highest BCUT2D eigenvalue weighted by molar-refractivity contribution is 6.01. The monoisotopic (exact) mass is 443 g/mol. The van der Waals surface area contributed by atoms with E-state index in [9.17, 15) is 28.8 Å². The van der Waals surface area contributed by atoms with Crippen LogP contribution in [0, 0.1) is 0 Å². The minimum absolute atomic E-state index is 0.0591. The molecule has 11 heteroatoms. The number of carbonyl (C=O) groups is 6. The van der Waals surface area contributed by atoms with Gasteiger partial charge < -0.3 is 19.0 Å². The lowest BCUT2D eigenvalue weighted by atomic mass is 10.1. The summed E-state index contributed by atoms with van der Waals surface area (Å²) in [5.74, 6) is -4.99. The van der Waals surface area contributed by atoms with Crippen LogP contribution in [0.5, 0.6) is 0 Å². The minimum Gasteiger partial charge on any atom is -0.460 e. The summed E-state index contributed by atoms with van der Waals surface area (Å²) in [5, 5.41) is 0.361. The number of carbonyl (C=O) groups excluding carboxylic acids is 6. The van der Waals surface area contributed by atoms with Gasteiger partial charge in [0.25, 0.3) is 11.8 Å². The van der Waals surface area contributed by atoms with Gasteiger partial charge in [0, 0.05) is 12.8 Å². The molecule has 0 N–H and O–H groups in total. The molecule has 1 atom stereocenters. The lowest BCUT2D eigenvalue weighted by Crippen LogP contribution is -2.38. The fourth-order valence-electron chi connectivity index (χ4n) is 2.30. The van der Waals surface area contributed by atoms with E-state index in [4.69, 9.17) is 14.2 Å². The Bertz CT molecular complexity index is 728. The fourth-order valence-corrected chi connectivity index (χ4v) is 2.30. The maximum atomic E-state index is 12.4. The summed E-state index contributed by atoms with van der Waals surface area (Å²) >= 11 is 0. The van der Waals surface area contributed by atoms with Crippen LogP contribution in [0.1, 0.15) is 73.6 Å². The van der Waals surface area contributed by atoms with E-state index < -0.39 is 72.3 Å². The number of amides is 2. The number of rotatable bonds is 8. The third-order valence-electron chi connectivity index (χ3n) is 3.45. The van der Waals surface area contributed by atoms with Crippen molar-refractivity contribution < 1.29 is 47.8 Å². The number of hydroxylamine groups is 2. The zero-order valence-corrected chi connectivity index (χ0v) is 18.6. The van der Waals surface area contributed by atoms with Gasteiger partial charge in [-0.3, -0.25) is 19.2 Å². The molecular formula is C20H29NO10. The maximum absolute atomic E-state index is 12.4. The Labute approximate surface area is 180 Å². The van der Waals surface area contributed by atoms with E-state index in [-0.39, 0.29) is 12.8 Å². The summed E-state index contributed by atoms with van der Waals surface area (Å²) in [4.78, 5) is 75.9. The number of esters is 3. The second kappa shape index (κ2) is 10.4. The van der Waals surface area contributed by atoms with Crippen LogP contribution in [0.15, 0.2) is 0 Å². The number of ether oxygens (including phenoxy) is 3. The lowest BCUT2D eigenvalue weighted by Gasteiger charge is -2.25. The summed E-state index contributed by atoms with van der Waals surface area (Å²) in [6.45, 7) is 9.74. The summed E-state index contributed by atoms with van der Waals surface area (Å²) < 4.78 is 15.4. The highest BCUT2D eigenvalue weighted by atomic mass is 16.7. The number of hydrogen-bond acceptors (Lipinski definition) is 10. The molecule has 0 bridgehead atoms. The Morgan fingerprint density at radius 2 is 1.29 bits per heavy atom. The number of imide groups is 1. The molecule has 0 aromatic heterocycles. The molecule has 0 radical (unpaired) electrons. The van der Waals surface area contributed by atoms with Crippen LogP contribution in [0.2, 0.25) is 0 Å². The van der Waals surface area contributed by atoms with Crippen molar-refractivity contribution >= 4 is 35.7 Å². The molecule has 0 aliphatic carbocycles. The molecule has 2 amide bonds. The normalized spacial score (nSPS) is 15.4. The molecule has 1 aliphatic rings.